The van der Waals surface area contributed by atoms with E-state index in [1.165, 1.54) is 11.3 Å². The van der Waals surface area contributed by atoms with Gasteiger partial charge in [-0.05, 0) is 37.1 Å². The summed E-state index contributed by atoms with van der Waals surface area (Å²) in [6.07, 6.45) is 0.844. The lowest BCUT2D eigenvalue weighted by Gasteiger charge is -2.02. The van der Waals surface area contributed by atoms with E-state index in [0.29, 0.717) is 10.8 Å². The summed E-state index contributed by atoms with van der Waals surface area (Å²) in [7, 11) is 0. The monoisotopic (exact) mass is 371 g/mol. The van der Waals surface area contributed by atoms with Crippen molar-refractivity contribution in [2.24, 2.45) is 0 Å². The van der Waals surface area contributed by atoms with Gasteiger partial charge in [0.2, 0.25) is 5.89 Å². The molecule has 0 spiro atoms. The number of aromatic nitrogens is 2. The Morgan fingerprint density at radius 1 is 1.23 bits per heavy atom. The van der Waals surface area contributed by atoms with E-state index in [0.717, 1.165) is 22.4 Å². The molecule has 0 aliphatic carbocycles. The number of benzene rings is 1. The number of aryl methyl sites for hydroxylation is 2. The Kier molecular flexibility index (Phi) is 5.43. The number of anilines is 1. The molecule has 0 saturated heterocycles. The van der Waals surface area contributed by atoms with Gasteiger partial charge in [-0.25, -0.2) is 4.79 Å². The number of amides is 1. The Hall–Kier alpha value is -3.00. The molecule has 2 aromatic heterocycles. The van der Waals surface area contributed by atoms with Gasteiger partial charge in [0.25, 0.3) is 5.91 Å². The first-order valence-electron chi connectivity index (χ1n) is 8.02. The van der Waals surface area contributed by atoms with Gasteiger partial charge in [0, 0.05) is 10.4 Å². The van der Waals surface area contributed by atoms with Crippen LogP contribution < -0.4 is 5.32 Å². The zero-order valence-corrected chi connectivity index (χ0v) is 15.1. The minimum absolute atomic E-state index is 0.0508. The Balaban J connectivity index is 1.54. The maximum Gasteiger partial charge on any atom is 0.348 e. The van der Waals surface area contributed by atoms with Crippen LogP contribution in [0.2, 0.25) is 0 Å². The molecule has 3 aromatic rings. The SMILES string of the molecule is CCc1cc(C(=O)OCC(=O)Nc2nnc(-c3ccccc3)o2)sc1C. The topological polar surface area (TPSA) is 94.3 Å². The summed E-state index contributed by atoms with van der Waals surface area (Å²) in [5.41, 5.74) is 1.84. The van der Waals surface area contributed by atoms with E-state index in [1.54, 1.807) is 6.07 Å². The Morgan fingerprint density at radius 2 is 2.00 bits per heavy atom. The summed E-state index contributed by atoms with van der Waals surface area (Å²) in [5.74, 6) is -0.784. The number of thiophene rings is 1. The van der Waals surface area contributed by atoms with Crippen molar-refractivity contribution >= 4 is 29.2 Å². The largest absolute Gasteiger partial charge is 0.451 e. The highest BCUT2D eigenvalue weighted by Gasteiger charge is 2.16. The lowest BCUT2D eigenvalue weighted by molar-refractivity contribution is -0.119. The Bertz CT molecular complexity index is 918. The van der Waals surface area contributed by atoms with Gasteiger partial charge in [0.05, 0.1) is 0 Å². The van der Waals surface area contributed by atoms with Gasteiger partial charge in [-0.1, -0.05) is 30.2 Å². The number of esters is 1. The summed E-state index contributed by atoms with van der Waals surface area (Å²) in [5, 5.41) is 10.0. The molecule has 0 aliphatic heterocycles. The van der Waals surface area contributed by atoms with Gasteiger partial charge in [0.15, 0.2) is 6.61 Å². The molecule has 0 unspecified atom stereocenters. The van der Waals surface area contributed by atoms with Crippen molar-refractivity contribution in [3.05, 3.63) is 51.7 Å². The Labute approximate surface area is 154 Å². The number of hydrogen-bond acceptors (Lipinski definition) is 7. The maximum atomic E-state index is 12.0. The lowest BCUT2D eigenvalue weighted by atomic mass is 10.2. The van der Waals surface area contributed by atoms with Crippen LogP contribution in [0, 0.1) is 6.92 Å². The molecule has 3 rings (SSSR count). The molecule has 7 nitrogen and oxygen atoms in total. The molecular formula is C18H17N3O4S. The smallest absolute Gasteiger partial charge is 0.348 e. The number of nitrogens with zero attached hydrogens (tertiary/aromatic N) is 2. The number of hydrogen-bond donors (Lipinski definition) is 1. The van der Waals surface area contributed by atoms with Gasteiger partial charge in [-0.3, -0.25) is 10.1 Å². The van der Waals surface area contributed by atoms with Gasteiger partial charge < -0.3 is 9.15 Å². The molecule has 0 saturated carbocycles. The summed E-state index contributed by atoms with van der Waals surface area (Å²) in [6, 6.07) is 10.9. The Morgan fingerprint density at radius 3 is 2.69 bits per heavy atom. The van der Waals surface area contributed by atoms with Gasteiger partial charge in [-0.2, -0.15) is 0 Å². The van der Waals surface area contributed by atoms with Crippen LogP contribution in [-0.2, 0) is 16.0 Å². The van der Waals surface area contributed by atoms with Crippen LogP contribution in [0.25, 0.3) is 11.5 Å². The molecule has 0 bridgehead atoms. The highest BCUT2D eigenvalue weighted by atomic mass is 32.1. The molecule has 134 valence electrons. The molecule has 0 atom stereocenters. The minimum Gasteiger partial charge on any atom is -0.451 e. The second-order valence-corrected chi connectivity index (χ2v) is 6.70. The first-order valence-corrected chi connectivity index (χ1v) is 8.83. The number of rotatable bonds is 6. The number of carbonyl (C=O) groups is 2. The molecule has 1 N–H and O–H groups in total. The molecule has 0 radical (unpaired) electrons. The van der Waals surface area contributed by atoms with Crippen LogP contribution in [0.15, 0.2) is 40.8 Å². The summed E-state index contributed by atoms with van der Waals surface area (Å²) >= 11 is 1.36. The highest BCUT2D eigenvalue weighted by molar-refractivity contribution is 7.14. The average molecular weight is 371 g/mol. The second-order valence-electron chi connectivity index (χ2n) is 5.45. The first kappa shape index (κ1) is 17.8. The third-order valence-electron chi connectivity index (χ3n) is 3.63. The van der Waals surface area contributed by atoms with Crippen molar-refractivity contribution in [2.75, 3.05) is 11.9 Å². The van der Waals surface area contributed by atoms with Crippen LogP contribution in [-0.4, -0.2) is 28.7 Å². The van der Waals surface area contributed by atoms with E-state index in [9.17, 15) is 9.59 Å². The van der Waals surface area contributed by atoms with Gasteiger partial charge in [0.1, 0.15) is 4.88 Å². The van der Waals surface area contributed by atoms with Crippen LogP contribution in [0.4, 0.5) is 6.01 Å². The van der Waals surface area contributed by atoms with E-state index in [2.05, 4.69) is 15.5 Å². The van der Waals surface area contributed by atoms with E-state index in [4.69, 9.17) is 9.15 Å². The predicted molar refractivity (Wildman–Crippen MR) is 97.1 cm³/mol. The molecule has 1 aromatic carbocycles. The molecule has 2 heterocycles. The van der Waals surface area contributed by atoms with Crippen molar-refractivity contribution in [3.63, 3.8) is 0 Å². The standard InChI is InChI=1S/C18H17N3O4S/c1-3-12-9-14(26-11(12)2)17(23)24-10-15(22)19-18-21-20-16(25-18)13-7-5-4-6-8-13/h4-9H,3,10H2,1-2H3,(H,19,21,22). The zero-order chi connectivity index (χ0) is 18.5. The fourth-order valence-electron chi connectivity index (χ4n) is 2.30. The summed E-state index contributed by atoms with van der Waals surface area (Å²) < 4.78 is 10.4. The molecule has 0 aliphatic rings. The van der Waals surface area contributed by atoms with E-state index in [-0.39, 0.29) is 6.01 Å². The van der Waals surface area contributed by atoms with Crippen molar-refractivity contribution in [2.45, 2.75) is 20.3 Å². The fraction of sp³-hybridized carbons (Fsp3) is 0.222. The average Bonchev–Trinajstić information content (AvgIpc) is 3.27. The third-order valence-corrected chi connectivity index (χ3v) is 4.70. The van der Waals surface area contributed by atoms with Crippen molar-refractivity contribution in [3.8, 4) is 11.5 Å². The molecular weight excluding hydrogens is 354 g/mol. The normalized spacial score (nSPS) is 10.5. The predicted octanol–water partition coefficient (Wildman–Crippen LogP) is 3.46. The van der Waals surface area contributed by atoms with Gasteiger partial charge in [-0.15, -0.1) is 16.4 Å². The fourth-order valence-corrected chi connectivity index (χ4v) is 3.31. The van der Waals surface area contributed by atoms with Crippen LogP contribution in [0.5, 0.6) is 0 Å². The molecule has 1 amide bonds. The number of ether oxygens (including phenoxy) is 1. The van der Waals surface area contributed by atoms with Crippen LogP contribution >= 0.6 is 11.3 Å². The van der Waals surface area contributed by atoms with E-state index in [1.807, 2.05) is 44.2 Å². The number of carbonyl (C=O) groups excluding carboxylic acids is 2. The summed E-state index contributed by atoms with van der Waals surface area (Å²) in [4.78, 5) is 25.5. The molecule has 26 heavy (non-hydrogen) atoms. The third kappa shape index (κ3) is 4.15. The minimum atomic E-state index is -0.550. The quantitative estimate of drug-likeness (QED) is 0.667. The molecule has 8 heteroatoms. The first-order chi connectivity index (χ1) is 12.6. The van der Waals surface area contributed by atoms with Crippen molar-refractivity contribution in [1.82, 2.24) is 10.2 Å². The van der Waals surface area contributed by atoms with Crippen molar-refractivity contribution < 1.29 is 18.7 Å². The van der Waals surface area contributed by atoms with Crippen LogP contribution in [0.1, 0.15) is 27.0 Å². The molecule has 0 fully saturated rings. The second kappa shape index (κ2) is 7.92. The highest BCUT2D eigenvalue weighted by Crippen LogP contribution is 2.23. The van der Waals surface area contributed by atoms with Gasteiger partial charge >= 0.3 is 12.0 Å². The zero-order valence-electron chi connectivity index (χ0n) is 14.3. The lowest BCUT2D eigenvalue weighted by Crippen LogP contribution is -2.20. The van der Waals surface area contributed by atoms with Crippen molar-refractivity contribution in [1.29, 1.82) is 0 Å². The van der Waals surface area contributed by atoms with E-state index >= 15 is 0 Å². The summed E-state index contributed by atoms with van der Waals surface area (Å²) in [6.45, 7) is 3.54. The number of nitrogens with one attached hydrogen (secondary N) is 1. The van der Waals surface area contributed by atoms with E-state index < -0.39 is 18.5 Å². The van der Waals surface area contributed by atoms with Crippen LogP contribution in [0.3, 0.4) is 0 Å². The maximum absolute atomic E-state index is 12.0.